The zero-order valence-electron chi connectivity index (χ0n) is 14.0. The first kappa shape index (κ1) is 16.5. The Hall–Kier alpha value is -1.99. The molecule has 4 rings (SSSR count). The van der Waals surface area contributed by atoms with Crippen molar-refractivity contribution >= 4 is 17.2 Å². The van der Waals surface area contributed by atoms with Crippen LogP contribution in [0.3, 0.4) is 0 Å². The Bertz CT molecular complexity index is 796. The predicted molar refractivity (Wildman–Crippen MR) is 95.6 cm³/mol. The first-order valence-corrected chi connectivity index (χ1v) is 9.64. The molecule has 2 fully saturated rings. The molecular formula is C18H21N3O3S. The highest BCUT2D eigenvalue weighted by molar-refractivity contribution is 7.13. The maximum Gasteiger partial charge on any atom is 0.267 e. The second kappa shape index (κ2) is 7.09. The maximum atomic E-state index is 12.6. The second-order valence-corrected chi connectivity index (χ2v) is 7.51. The van der Waals surface area contributed by atoms with Crippen molar-refractivity contribution in [3.8, 4) is 10.6 Å². The SMILES string of the molecule is O=C([C@@H]1CCCO1)N1CCC[C@H](n2nc(-c3cccs3)ccc2=O)C1. The van der Waals surface area contributed by atoms with Gasteiger partial charge in [0.1, 0.15) is 11.8 Å². The fraction of sp³-hybridized carbons (Fsp3) is 0.500. The fourth-order valence-electron chi connectivity index (χ4n) is 3.57. The summed E-state index contributed by atoms with van der Waals surface area (Å²) in [5.74, 6) is 0.0599. The predicted octanol–water partition coefficient (Wildman–Crippen LogP) is 2.31. The number of carbonyl (C=O) groups excluding carboxylic acids is 1. The zero-order chi connectivity index (χ0) is 17.2. The van der Waals surface area contributed by atoms with Gasteiger partial charge >= 0.3 is 0 Å². The van der Waals surface area contributed by atoms with Crippen LogP contribution in [0.5, 0.6) is 0 Å². The van der Waals surface area contributed by atoms with Crippen molar-refractivity contribution in [1.29, 1.82) is 0 Å². The van der Waals surface area contributed by atoms with E-state index in [2.05, 4.69) is 5.10 Å². The van der Waals surface area contributed by atoms with E-state index in [-0.39, 0.29) is 23.6 Å². The summed E-state index contributed by atoms with van der Waals surface area (Å²) in [6.07, 6.45) is 3.17. The number of hydrogen-bond donors (Lipinski definition) is 0. The molecule has 2 atom stereocenters. The van der Waals surface area contributed by atoms with Gasteiger partial charge < -0.3 is 9.64 Å². The van der Waals surface area contributed by atoms with E-state index in [1.54, 1.807) is 28.2 Å². The summed E-state index contributed by atoms with van der Waals surface area (Å²) < 4.78 is 7.09. The molecule has 6 nitrogen and oxygen atoms in total. The van der Waals surface area contributed by atoms with E-state index in [0.29, 0.717) is 13.2 Å². The van der Waals surface area contributed by atoms with Gasteiger partial charge in [-0.3, -0.25) is 9.59 Å². The van der Waals surface area contributed by atoms with Crippen molar-refractivity contribution in [2.45, 2.75) is 37.8 Å². The summed E-state index contributed by atoms with van der Waals surface area (Å²) >= 11 is 1.60. The number of likely N-dealkylation sites (tertiary alicyclic amines) is 1. The van der Waals surface area contributed by atoms with Gasteiger partial charge in [0.25, 0.3) is 11.5 Å². The summed E-state index contributed by atoms with van der Waals surface area (Å²) in [5, 5.41) is 6.57. The molecule has 0 saturated carbocycles. The Kier molecular flexibility index (Phi) is 4.67. The van der Waals surface area contributed by atoms with Gasteiger partial charge in [0.15, 0.2) is 0 Å². The van der Waals surface area contributed by atoms with Gasteiger partial charge in [-0.15, -0.1) is 11.3 Å². The summed E-state index contributed by atoms with van der Waals surface area (Å²) in [5.41, 5.74) is 0.689. The largest absolute Gasteiger partial charge is 0.368 e. The molecule has 132 valence electrons. The van der Waals surface area contributed by atoms with Crippen molar-refractivity contribution < 1.29 is 9.53 Å². The molecule has 2 aliphatic rings. The average molecular weight is 359 g/mol. The van der Waals surface area contributed by atoms with Crippen LogP contribution in [0.4, 0.5) is 0 Å². The van der Waals surface area contributed by atoms with Crippen LogP contribution < -0.4 is 5.56 Å². The Labute approximate surface area is 150 Å². The molecule has 0 N–H and O–H groups in total. The van der Waals surface area contributed by atoms with E-state index in [9.17, 15) is 9.59 Å². The Morgan fingerprint density at radius 2 is 2.16 bits per heavy atom. The molecule has 0 radical (unpaired) electrons. The van der Waals surface area contributed by atoms with E-state index in [0.717, 1.165) is 42.8 Å². The normalized spacial score (nSPS) is 23.8. The van der Waals surface area contributed by atoms with Crippen LogP contribution in [-0.2, 0) is 9.53 Å². The molecule has 2 aromatic rings. The van der Waals surface area contributed by atoms with E-state index in [1.165, 1.54) is 0 Å². The minimum atomic E-state index is -0.305. The molecule has 2 aromatic heterocycles. The molecule has 0 unspecified atom stereocenters. The van der Waals surface area contributed by atoms with Crippen LogP contribution in [0, 0.1) is 0 Å². The highest BCUT2D eigenvalue weighted by Crippen LogP contribution is 2.25. The lowest BCUT2D eigenvalue weighted by Crippen LogP contribution is -2.47. The molecule has 25 heavy (non-hydrogen) atoms. The quantitative estimate of drug-likeness (QED) is 0.844. The number of ether oxygens (including phenoxy) is 1. The van der Waals surface area contributed by atoms with Crippen molar-refractivity contribution in [2.24, 2.45) is 0 Å². The van der Waals surface area contributed by atoms with Crippen molar-refractivity contribution in [1.82, 2.24) is 14.7 Å². The summed E-state index contributed by atoms with van der Waals surface area (Å²) in [7, 11) is 0. The highest BCUT2D eigenvalue weighted by atomic mass is 32.1. The monoisotopic (exact) mass is 359 g/mol. The standard InChI is InChI=1S/C18H21N3O3S/c22-17-8-7-14(16-6-3-11-25-16)19-21(17)13-4-1-9-20(12-13)18(23)15-5-2-10-24-15/h3,6-8,11,13,15H,1-2,4-5,9-10,12H2/t13-,15-/m0/s1. The first-order chi connectivity index (χ1) is 12.2. The lowest BCUT2D eigenvalue weighted by molar-refractivity contribution is -0.142. The minimum absolute atomic E-state index is 0.0599. The van der Waals surface area contributed by atoms with E-state index >= 15 is 0 Å². The summed E-state index contributed by atoms with van der Waals surface area (Å²) in [6.45, 7) is 1.92. The Balaban J connectivity index is 1.55. The third-order valence-electron chi connectivity index (χ3n) is 4.86. The van der Waals surface area contributed by atoms with Crippen LogP contribution in [0.25, 0.3) is 10.6 Å². The van der Waals surface area contributed by atoms with Gasteiger partial charge in [-0.1, -0.05) is 6.07 Å². The third kappa shape index (κ3) is 3.39. The van der Waals surface area contributed by atoms with Crippen molar-refractivity contribution in [2.75, 3.05) is 19.7 Å². The molecule has 0 bridgehead atoms. The third-order valence-corrected chi connectivity index (χ3v) is 5.75. The number of rotatable bonds is 3. The van der Waals surface area contributed by atoms with Crippen LogP contribution in [0.2, 0.25) is 0 Å². The summed E-state index contributed by atoms with van der Waals surface area (Å²) in [6, 6.07) is 7.23. The molecule has 0 spiro atoms. The number of piperidine rings is 1. The maximum absolute atomic E-state index is 12.6. The number of hydrogen-bond acceptors (Lipinski definition) is 5. The molecule has 0 aromatic carbocycles. The molecule has 2 aliphatic heterocycles. The first-order valence-electron chi connectivity index (χ1n) is 8.76. The van der Waals surface area contributed by atoms with Gasteiger partial charge in [0, 0.05) is 25.8 Å². The lowest BCUT2D eigenvalue weighted by Gasteiger charge is -2.34. The van der Waals surface area contributed by atoms with Crippen LogP contribution >= 0.6 is 11.3 Å². The average Bonchev–Trinajstić information content (AvgIpc) is 3.35. The molecular weight excluding hydrogens is 338 g/mol. The topological polar surface area (TPSA) is 64.4 Å². The van der Waals surface area contributed by atoms with Crippen molar-refractivity contribution in [3.63, 3.8) is 0 Å². The molecule has 7 heteroatoms. The van der Waals surface area contributed by atoms with Gasteiger partial charge in [-0.2, -0.15) is 5.10 Å². The molecule has 0 aliphatic carbocycles. The molecule has 4 heterocycles. The Morgan fingerprint density at radius 1 is 1.24 bits per heavy atom. The van der Waals surface area contributed by atoms with Gasteiger partial charge in [0.2, 0.25) is 0 Å². The smallest absolute Gasteiger partial charge is 0.267 e. The van der Waals surface area contributed by atoms with E-state index in [4.69, 9.17) is 4.74 Å². The van der Waals surface area contributed by atoms with Crippen LogP contribution in [-0.4, -0.2) is 46.4 Å². The molecule has 2 saturated heterocycles. The van der Waals surface area contributed by atoms with E-state index < -0.39 is 0 Å². The summed E-state index contributed by atoms with van der Waals surface area (Å²) in [4.78, 5) is 27.8. The number of thiophene rings is 1. The van der Waals surface area contributed by atoms with Crippen molar-refractivity contribution in [3.05, 3.63) is 40.0 Å². The number of amides is 1. The van der Waals surface area contributed by atoms with Crippen LogP contribution in [0.15, 0.2) is 34.4 Å². The minimum Gasteiger partial charge on any atom is -0.368 e. The number of carbonyl (C=O) groups is 1. The fourth-order valence-corrected chi connectivity index (χ4v) is 4.26. The highest BCUT2D eigenvalue weighted by Gasteiger charge is 2.32. The van der Waals surface area contributed by atoms with Gasteiger partial charge in [-0.05, 0) is 43.2 Å². The molecule has 1 amide bonds. The van der Waals surface area contributed by atoms with Crippen LogP contribution in [0.1, 0.15) is 31.7 Å². The number of aromatic nitrogens is 2. The zero-order valence-corrected chi connectivity index (χ0v) is 14.8. The van der Waals surface area contributed by atoms with Gasteiger partial charge in [-0.25, -0.2) is 4.68 Å². The Morgan fingerprint density at radius 3 is 2.92 bits per heavy atom. The van der Waals surface area contributed by atoms with E-state index in [1.807, 2.05) is 22.4 Å². The lowest BCUT2D eigenvalue weighted by atomic mass is 10.0. The second-order valence-electron chi connectivity index (χ2n) is 6.56. The number of nitrogens with zero attached hydrogens (tertiary/aromatic N) is 3. The van der Waals surface area contributed by atoms with Gasteiger partial charge in [0.05, 0.1) is 10.9 Å².